The molecule has 6 N–H and O–H groups in total. The van der Waals surface area contributed by atoms with Crippen molar-refractivity contribution < 1.29 is 77.2 Å². The molecule has 0 aromatic rings. The average Bonchev–Trinajstić information content (AvgIpc) is 3.67. The smallest absolute Gasteiger partial charge is 0.331 e. The zero-order valence-electron chi connectivity index (χ0n) is 32.9. The van der Waals surface area contributed by atoms with Crippen LogP contribution in [0.3, 0.4) is 0 Å². The molecule has 21 atom stereocenters. The van der Waals surface area contributed by atoms with Crippen LogP contribution in [-0.2, 0) is 38.0 Å². The number of hydrogen-bond acceptors (Lipinski definition) is 14. The summed E-state index contributed by atoms with van der Waals surface area (Å²) in [5.74, 6) is 0.204. The molecule has 4 aliphatic heterocycles. The molecule has 324 valence electrons. The maximum atomic E-state index is 12.6. The number of carbonyl (C=O) groups excluding carboxylic acids is 1. The molecular formula is C41H76O14. The summed E-state index contributed by atoms with van der Waals surface area (Å²) in [5, 5.41) is 66.9. The van der Waals surface area contributed by atoms with Crippen LogP contribution >= 0.6 is 0 Å². The van der Waals surface area contributed by atoms with Gasteiger partial charge in [0.2, 0.25) is 0 Å². The first-order valence-electron chi connectivity index (χ1n) is 20.9. The molecule has 4 aliphatic carbocycles. The van der Waals surface area contributed by atoms with Gasteiger partial charge in [-0.3, -0.25) is 0 Å². The highest BCUT2D eigenvalue weighted by Crippen LogP contribution is 2.70. The maximum Gasteiger partial charge on any atom is 0.331 e. The van der Waals surface area contributed by atoms with Gasteiger partial charge < -0.3 is 63.8 Å². The third kappa shape index (κ3) is 6.95. The van der Waals surface area contributed by atoms with Gasteiger partial charge in [-0.15, -0.1) is 0 Å². The van der Waals surface area contributed by atoms with Crippen LogP contribution in [0.2, 0.25) is 0 Å². The fraction of sp³-hybridized carbons (Fsp3) is 0.927. The lowest BCUT2D eigenvalue weighted by molar-refractivity contribution is -0.336. The lowest BCUT2D eigenvalue weighted by Crippen LogP contribution is -2.67. The van der Waals surface area contributed by atoms with Gasteiger partial charge in [0.05, 0.1) is 54.4 Å². The van der Waals surface area contributed by atoms with E-state index in [4.69, 9.17) is 33.2 Å². The molecule has 8 rings (SSSR count). The molecule has 21 unspecified atom stereocenters. The molecule has 0 spiro atoms. The number of ether oxygens (including phenoxy) is 7. The van der Waals surface area contributed by atoms with Crippen molar-refractivity contribution in [2.75, 3.05) is 6.61 Å². The molecule has 8 aliphatic rings. The Hall–Kier alpha value is -1.27. The summed E-state index contributed by atoms with van der Waals surface area (Å²) < 4.78 is 42.1. The maximum absolute atomic E-state index is 12.6. The second-order valence-electron chi connectivity index (χ2n) is 18.8. The Labute approximate surface area is 332 Å². The van der Waals surface area contributed by atoms with Gasteiger partial charge in [0.15, 0.2) is 18.9 Å². The molecular weight excluding hydrogens is 716 g/mol. The van der Waals surface area contributed by atoms with E-state index in [0.717, 1.165) is 44.1 Å². The van der Waals surface area contributed by atoms with Gasteiger partial charge in [0, 0.05) is 39.3 Å². The standard InChI is InChI=1S/C41H64O14.6H2/c1-19-36(47)28(42)15-34(50-19)54-38-21(3)52-35(17-30(38)44)55-37-20(2)51-33(16-29(37)43)53-24-8-10-39(4)23(13-24)6-7-26-27(39)14-31(45)40(5)25(9-11-41(26,40)48)22-12-32(46)49-18-22;;;;;;/h12,19-21,23-31,33-38,42-45,47-48H,6-11,13-18H2,1-5H3;6*1H. The third-order valence-corrected chi connectivity index (χ3v) is 16.0. The molecule has 0 aromatic carbocycles. The molecule has 55 heavy (non-hydrogen) atoms. The Morgan fingerprint density at radius 3 is 1.89 bits per heavy atom. The van der Waals surface area contributed by atoms with Crippen LogP contribution in [0.4, 0.5) is 0 Å². The van der Waals surface area contributed by atoms with Gasteiger partial charge in [0.1, 0.15) is 24.9 Å². The molecule has 14 heteroatoms. The highest BCUT2D eigenvalue weighted by molar-refractivity contribution is 5.85. The van der Waals surface area contributed by atoms with Gasteiger partial charge in [-0.1, -0.05) is 13.8 Å². The molecule has 4 saturated carbocycles. The van der Waals surface area contributed by atoms with Gasteiger partial charge in [-0.2, -0.15) is 0 Å². The summed E-state index contributed by atoms with van der Waals surface area (Å²) >= 11 is 0. The summed E-state index contributed by atoms with van der Waals surface area (Å²) in [4.78, 5) is 11.9. The lowest BCUT2D eigenvalue weighted by Gasteiger charge is -2.65. The van der Waals surface area contributed by atoms with E-state index < -0.39 is 90.9 Å². The van der Waals surface area contributed by atoms with Crippen molar-refractivity contribution in [3.05, 3.63) is 11.6 Å². The lowest BCUT2D eigenvalue weighted by atomic mass is 9.42. The first-order valence-corrected chi connectivity index (χ1v) is 20.9. The Balaban J connectivity index is 0.00000214. The zero-order valence-corrected chi connectivity index (χ0v) is 32.9. The predicted molar refractivity (Wildman–Crippen MR) is 205 cm³/mol. The minimum Gasteiger partial charge on any atom is -0.458 e. The van der Waals surface area contributed by atoms with E-state index in [1.165, 1.54) is 0 Å². The van der Waals surface area contributed by atoms with E-state index >= 15 is 0 Å². The Bertz CT molecular complexity index is 1440. The van der Waals surface area contributed by atoms with Crippen molar-refractivity contribution >= 4 is 5.97 Å². The van der Waals surface area contributed by atoms with E-state index in [9.17, 15) is 35.4 Å². The summed E-state index contributed by atoms with van der Waals surface area (Å²) in [5.41, 5.74) is -0.892. The SMILES string of the molecule is CC1OC(OC2C(O)CC(OC3C(O)CC(OC4CCC5(C)C(CCC6C5CC(O)C5(C)C(C7=CC(=O)OC7)CCC65O)C4)OC3C)OC2C)CC(O)C1O.[HH].[HH].[HH].[HH].[HH].[HH]. The van der Waals surface area contributed by atoms with E-state index in [0.29, 0.717) is 18.8 Å². The van der Waals surface area contributed by atoms with Crippen LogP contribution in [0.1, 0.15) is 114 Å². The second-order valence-corrected chi connectivity index (χ2v) is 18.8. The van der Waals surface area contributed by atoms with E-state index in [1.807, 2.05) is 13.8 Å². The number of rotatable bonds is 7. The molecule has 7 fully saturated rings. The highest BCUT2D eigenvalue weighted by atomic mass is 16.7. The van der Waals surface area contributed by atoms with E-state index in [1.54, 1.807) is 19.9 Å². The largest absolute Gasteiger partial charge is 0.458 e. The van der Waals surface area contributed by atoms with E-state index in [-0.39, 0.29) is 69.7 Å². The predicted octanol–water partition coefficient (Wildman–Crippen LogP) is 3.69. The molecule has 0 amide bonds. The molecule has 0 aromatic heterocycles. The molecule has 4 heterocycles. The number of aliphatic hydroxyl groups excluding tert-OH is 5. The fourth-order valence-electron chi connectivity index (χ4n) is 12.8. The Morgan fingerprint density at radius 1 is 0.709 bits per heavy atom. The van der Waals surface area contributed by atoms with Gasteiger partial charge in [-0.25, -0.2) is 4.79 Å². The minimum atomic E-state index is -1.01. The summed E-state index contributed by atoms with van der Waals surface area (Å²) in [7, 11) is 0. The van der Waals surface area contributed by atoms with Crippen molar-refractivity contribution in [2.45, 2.75) is 197 Å². The van der Waals surface area contributed by atoms with Gasteiger partial charge >= 0.3 is 5.97 Å². The molecule has 3 saturated heterocycles. The minimum absolute atomic E-state index is 0. The van der Waals surface area contributed by atoms with Crippen molar-refractivity contribution in [1.29, 1.82) is 0 Å². The summed E-state index contributed by atoms with van der Waals surface area (Å²) in [6.07, 6.45) is -1.51. The van der Waals surface area contributed by atoms with Crippen LogP contribution in [-0.4, -0.2) is 135 Å². The Kier molecular flexibility index (Phi) is 11.1. The number of hydrogen-bond donors (Lipinski definition) is 6. The van der Waals surface area contributed by atoms with Crippen molar-refractivity contribution in [1.82, 2.24) is 0 Å². The van der Waals surface area contributed by atoms with Crippen molar-refractivity contribution in [3.63, 3.8) is 0 Å². The molecule has 0 bridgehead atoms. The van der Waals surface area contributed by atoms with Gasteiger partial charge in [0.25, 0.3) is 0 Å². The summed E-state index contributed by atoms with van der Waals surface area (Å²) in [6, 6.07) is 0. The first kappa shape index (κ1) is 40.5. The molecule has 14 nitrogen and oxygen atoms in total. The van der Waals surface area contributed by atoms with Gasteiger partial charge in [-0.05, 0) is 107 Å². The monoisotopic (exact) mass is 793 g/mol. The van der Waals surface area contributed by atoms with Crippen molar-refractivity contribution in [2.24, 2.45) is 34.5 Å². The fourth-order valence-corrected chi connectivity index (χ4v) is 12.8. The van der Waals surface area contributed by atoms with Crippen molar-refractivity contribution in [3.8, 4) is 0 Å². The molecule has 0 radical (unpaired) electrons. The number of fused-ring (bicyclic) bond motifs is 5. The van der Waals surface area contributed by atoms with Crippen LogP contribution in [0, 0.1) is 34.5 Å². The number of cyclic esters (lactones) is 1. The Morgan fingerprint density at radius 2 is 1.31 bits per heavy atom. The topological polar surface area (TPSA) is 203 Å². The van der Waals surface area contributed by atoms with Crippen LogP contribution in [0.15, 0.2) is 11.6 Å². The third-order valence-electron chi connectivity index (χ3n) is 16.0. The summed E-state index contributed by atoms with van der Waals surface area (Å²) in [6.45, 7) is 9.90. The van der Waals surface area contributed by atoms with E-state index in [2.05, 4.69) is 6.92 Å². The normalized spacial score (nSPS) is 55.5. The average molecular weight is 793 g/mol. The number of carbonyl (C=O) groups is 1. The number of esters is 1. The zero-order chi connectivity index (χ0) is 39.2. The number of aliphatic hydroxyl groups is 6. The second kappa shape index (κ2) is 15.1. The highest BCUT2D eigenvalue weighted by Gasteiger charge is 2.71. The van der Waals surface area contributed by atoms with Crippen LogP contribution in [0.5, 0.6) is 0 Å². The quantitative estimate of drug-likeness (QED) is 0.161. The first-order chi connectivity index (χ1) is 26.0. The van der Waals surface area contributed by atoms with Crippen LogP contribution < -0.4 is 0 Å². The van der Waals surface area contributed by atoms with Crippen LogP contribution in [0.25, 0.3) is 0 Å².